The molecule has 0 saturated carbocycles. The van der Waals surface area contributed by atoms with Crippen molar-refractivity contribution in [1.29, 1.82) is 0 Å². The van der Waals surface area contributed by atoms with E-state index in [1.165, 1.54) is 19.1 Å². The van der Waals surface area contributed by atoms with Crippen LogP contribution in [0, 0.1) is 5.92 Å². The number of piperazine rings is 1. The number of nitrogens with zero attached hydrogens (tertiary/aromatic N) is 2. The Balaban J connectivity index is 1.77. The van der Waals surface area contributed by atoms with Gasteiger partial charge in [-0.3, -0.25) is 4.90 Å². The maximum atomic E-state index is 12.4. The molecule has 2 heterocycles. The second-order valence-corrected chi connectivity index (χ2v) is 8.40. The summed E-state index contributed by atoms with van der Waals surface area (Å²) in [5.41, 5.74) is 2.36. The van der Waals surface area contributed by atoms with Crippen LogP contribution in [0.15, 0.2) is 12.1 Å². The first-order valence-electron chi connectivity index (χ1n) is 10.0. The average Bonchev–Trinajstić information content (AvgIpc) is 2.60. The van der Waals surface area contributed by atoms with Gasteiger partial charge in [0.05, 0.1) is 20.1 Å². The zero-order chi connectivity index (χ0) is 20.5. The Hall–Kier alpha value is -1.47. The molecule has 4 nitrogen and oxygen atoms in total. The quantitative estimate of drug-likeness (QED) is 0.711. The molecule has 1 fully saturated rings. The number of hydrogen-bond donors (Lipinski definition) is 0. The minimum Gasteiger partial charge on any atom is -0.493 e. The van der Waals surface area contributed by atoms with Crippen LogP contribution in [0.5, 0.6) is 11.5 Å². The van der Waals surface area contributed by atoms with E-state index >= 15 is 0 Å². The van der Waals surface area contributed by atoms with E-state index in [9.17, 15) is 13.2 Å². The summed E-state index contributed by atoms with van der Waals surface area (Å²) in [6, 6.07) is 4.69. The summed E-state index contributed by atoms with van der Waals surface area (Å²) in [5, 5.41) is 0. The van der Waals surface area contributed by atoms with Crippen LogP contribution < -0.4 is 9.47 Å². The Labute approximate surface area is 165 Å². The molecule has 1 aromatic carbocycles. The number of fused-ring (bicyclic) bond motifs is 3. The molecule has 28 heavy (non-hydrogen) atoms. The maximum absolute atomic E-state index is 12.4. The van der Waals surface area contributed by atoms with Gasteiger partial charge >= 0.3 is 6.18 Å². The molecular weight excluding hydrogens is 369 g/mol. The van der Waals surface area contributed by atoms with Crippen molar-refractivity contribution in [2.45, 2.75) is 51.4 Å². The number of ether oxygens (including phenoxy) is 2. The lowest BCUT2D eigenvalue weighted by Gasteiger charge is -2.48. The number of alkyl halides is 3. The van der Waals surface area contributed by atoms with E-state index < -0.39 is 19.2 Å². The van der Waals surface area contributed by atoms with Gasteiger partial charge in [-0.1, -0.05) is 13.8 Å². The fourth-order valence-electron chi connectivity index (χ4n) is 4.37. The molecule has 0 radical (unpaired) electrons. The SMILES string of the molecule is COc1cc2c(cc1OCCC(F)(F)F)CCN1CC(CC(C)C)N(C)CC21. The first kappa shape index (κ1) is 21.2. The second-order valence-electron chi connectivity index (χ2n) is 8.40. The lowest BCUT2D eigenvalue weighted by atomic mass is 9.88. The standard InChI is InChI=1S/C21H31F3N2O2/c1-14(2)9-16-12-26-7-5-15-10-20(28-8-6-21(22,23)24)19(27-4)11-17(15)18(26)13-25(16)3/h10-11,14,16,18H,5-9,12-13H2,1-4H3. The molecule has 2 unspecified atom stereocenters. The summed E-state index contributed by atoms with van der Waals surface area (Å²) < 4.78 is 48.1. The van der Waals surface area contributed by atoms with Gasteiger partial charge in [-0.05, 0) is 49.1 Å². The normalized spacial score (nSPS) is 23.4. The highest BCUT2D eigenvalue weighted by Gasteiger charge is 2.37. The van der Waals surface area contributed by atoms with Gasteiger partial charge in [0.25, 0.3) is 0 Å². The number of likely N-dealkylation sites (N-methyl/N-ethyl adjacent to an activating group) is 1. The van der Waals surface area contributed by atoms with Crippen LogP contribution in [0.3, 0.4) is 0 Å². The third kappa shape index (κ3) is 4.92. The van der Waals surface area contributed by atoms with E-state index in [0.717, 1.165) is 31.6 Å². The molecule has 2 aliphatic heterocycles. The van der Waals surface area contributed by atoms with E-state index in [1.54, 1.807) is 0 Å². The number of methoxy groups -OCH3 is 1. The number of halogens is 3. The highest BCUT2D eigenvalue weighted by molar-refractivity contribution is 5.49. The first-order valence-corrected chi connectivity index (χ1v) is 10.0. The largest absolute Gasteiger partial charge is 0.493 e. The van der Waals surface area contributed by atoms with Crippen LogP contribution in [-0.4, -0.2) is 62.4 Å². The fraction of sp³-hybridized carbons (Fsp3) is 0.714. The Morgan fingerprint density at radius 3 is 2.57 bits per heavy atom. The van der Waals surface area contributed by atoms with E-state index in [-0.39, 0.29) is 6.04 Å². The molecule has 0 spiro atoms. The van der Waals surface area contributed by atoms with Crippen LogP contribution >= 0.6 is 0 Å². The molecule has 2 aliphatic rings. The molecule has 0 aliphatic carbocycles. The smallest absolute Gasteiger partial charge is 0.392 e. The fourth-order valence-corrected chi connectivity index (χ4v) is 4.37. The van der Waals surface area contributed by atoms with Crippen molar-refractivity contribution in [2.75, 3.05) is 40.4 Å². The summed E-state index contributed by atoms with van der Waals surface area (Å²) in [6.07, 6.45) is -3.13. The van der Waals surface area contributed by atoms with Crippen molar-refractivity contribution in [3.63, 3.8) is 0 Å². The van der Waals surface area contributed by atoms with Gasteiger partial charge in [-0.2, -0.15) is 13.2 Å². The molecule has 1 aromatic rings. The molecule has 3 rings (SSSR count). The average molecular weight is 400 g/mol. The third-order valence-electron chi connectivity index (χ3n) is 5.81. The van der Waals surface area contributed by atoms with Crippen molar-refractivity contribution in [3.05, 3.63) is 23.3 Å². The summed E-state index contributed by atoms with van der Waals surface area (Å²) >= 11 is 0. The lowest BCUT2D eigenvalue weighted by molar-refractivity contribution is -0.139. The molecular formula is C21H31F3N2O2. The minimum absolute atomic E-state index is 0.287. The summed E-state index contributed by atoms with van der Waals surface area (Å²) in [5.74, 6) is 1.58. The molecule has 2 atom stereocenters. The number of rotatable bonds is 6. The van der Waals surface area contributed by atoms with Crippen molar-refractivity contribution in [2.24, 2.45) is 5.92 Å². The maximum Gasteiger partial charge on any atom is 0.392 e. The Morgan fingerprint density at radius 1 is 1.18 bits per heavy atom. The summed E-state index contributed by atoms with van der Waals surface area (Å²) in [4.78, 5) is 4.98. The van der Waals surface area contributed by atoms with E-state index in [2.05, 4.69) is 30.7 Å². The molecule has 0 aromatic heterocycles. The minimum atomic E-state index is -4.22. The summed E-state index contributed by atoms with van der Waals surface area (Å²) in [6.45, 7) is 7.09. The molecule has 0 N–H and O–H groups in total. The van der Waals surface area contributed by atoms with Gasteiger partial charge in [-0.25, -0.2) is 0 Å². The summed E-state index contributed by atoms with van der Waals surface area (Å²) in [7, 11) is 3.72. The molecule has 0 bridgehead atoms. The zero-order valence-electron chi connectivity index (χ0n) is 17.2. The topological polar surface area (TPSA) is 24.9 Å². The van der Waals surface area contributed by atoms with Crippen LogP contribution in [0.4, 0.5) is 13.2 Å². The van der Waals surface area contributed by atoms with Gasteiger partial charge in [0.2, 0.25) is 0 Å². The van der Waals surface area contributed by atoms with Gasteiger partial charge in [0.1, 0.15) is 0 Å². The van der Waals surface area contributed by atoms with E-state index in [1.807, 2.05) is 12.1 Å². The lowest BCUT2D eigenvalue weighted by Crippen LogP contribution is -2.55. The number of benzene rings is 1. The predicted molar refractivity (Wildman–Crippen MR) is 103 cm³/mol. The van der Waals surface area contributed by atoms with E-state index in [0.29, 0.717) is 23.5 Å². The molecule has 158 valence electrons. The molecule has 1 saturated heterocycles. The van der Waals surface area contributed by atoms with Crippen molar-refractivity contribution in [3.8, 4) is 11.5 Å². The van der Waals surface area contributed by atoms with Crippen LogP contribution in [0.25, 0.3) is 0 Å². The van der Waals surface area contributed by atoms with Gasteiger partial charge in [-0.15, -0.1) is 0 Å². The van der Waals surface area contributed by atoms with Crippen LogP contribution in [0.2, 0.25) is 0 Å². The van der Waals surface area contributed by atoms with Crippen molar-refractivity contribution in [1.82, 2.24) is 9.80 Å². The van der Waals surface area contributed by atoms with Crippen molar-refractivity contribution < 1.29 is 22.6 Å². The molecule has 7 heteroatoms. The third-order valence-corrected chi connectivity index (χ3v) is 5.81. The van der Waals surface area contributed by atoms with Crippen LogP contribution in [-0.2, 0) is 6.42 Å². The second kappa shape index (κ2) is 8.49. The van der Waals surface area contributed by atoms with E-state index in [4.69, 9.17) is 9.47 Å². The Morgan fingerprint density at radius 2 is 1.93 bits per heavy atom. The van der Waals surface area contributed by atoms with Gasteiger partial charge in [0.15, 0.2) is 11.5 Å². The predicted octanol–water partition coefficient (Wildman–Crippen LogP) is 4.29. The van der Waals surface area contributed by atoms with Gasteiger partial charge < -0.3 is 14.4 Å². The Kier molecular flexibility index (Phi) is 6.44. The van der Waals surface area contributed by atoms with Crippen molar-refractivity contribution >= 4 is 0 Å². The van der Waals surface area contributed by atoms with Gasteiger partial charge in [0, 0.05) is 31.7 Å². The highest BCUT2D eigenvalue weighted by Crippen LogP contribution is 2.40. The zero-order valence-corrected chi connectivity index (χ0v) is 17.2. The first-order chi connectivity index (χ1) is 13.2. The number of hydrogen-bond acceptors (Lipinski definition) is 4. The van der Waals surface area contributed by atoms with Crippen LogP contribution in [0.1, 0.15) is 43.9 Å². The molecule has 0 amide bonds. The highest BCUT2D eigenvalue weighted by atomic mass is 19.4. The monoisotopic (exact) mass is 400 g/mol. The Bertz CT molecular complexity index is 678.